The molecule has 0 aliphatic rings. The largest absolute Gasteiger partial charge is 0.365 e. The molecule has 3 nitrogen and oxygen atoms in total. The standard InChI is InChI=1S/C16H27N3.C2H6/c1-8-10-19-13(9-2)17-11-14(19)18-16(6,7)12-15(3,4)5;1-2/h8-11,18H,2,12H2,1,3-7H3;1-2H3/b10-8-;. The third-order valence-electron chi connectivity index (χ3n) is 2.74. The second-order valence-electron chi connectivity index (χ2n) is 6.80. The minimum Gasteiger partial charge on any atom is -0.365 e. The van der Waals surface area contributed by atoms with Gasteiger partial charge in [0.05, 0.1) is 6.20 Å². The van der Waals surface area contributed by atoms with E-state index in [-0.39, 0.29) is 11.0 Å². The molecule has 0 spiro atoms. The minimum atomic E-state index is 0.00997. The first kappa shape index (κ1) is 19.5. The van der Waals surface area contributed by atoms with Crippen LogP contribution in [-0.2, 0) is 0 Å². The van der Waals surface area contributed by atoms with Gasteiger partial charge in [-0.25, -0.2) is 4.98 Å². The van der Waals surface area contributed by atoms with Crippen molar-refractivity contribution in [3.8, 4) is 0 Å². The maximum atomic E-state index is 4.37. The smallest absolute Gasteiger partial charge is 0.137 e. The molecule has 0 aliphatic heterocycles. The van der Waals surface area contributed by atoms with Crippen LogP contribution in [0.25, 0.3) is 12.3 Å². The fraction of sp³-hybridized carbons (Fsp3) is 0.611. The van der Waals surface area contributed by atoms with Crippen molar-refractivity contribution >= 4 is 18.1 Å². The maximum Gasteiger partial charge on any atom is 0.137 e. The highest BCUT2D eigenvalue weighted by Gasteiger charge is 2.26. The highest BCUT2D eigenvalue weighted by atomic mass is 15.2. The van der Waals surface area contributed by atoms with E-state index in [0.717, 1.165) is 18.1 Å². The van der Waals surface area contributed by atoms with Crippen LogP contribution in [0.2, 0.25) is 0 Å². The molecule has 0 amide bonds. The number of anilines is 1. The number of hydrogen-bond acceptors (Lipinski definition) is 2. The van der Waals surface area contributed by atoms with Gasteiger partial charge in [-0.2, -0.15) is 0 Å². The van der Waals surface area contributed by atoms with Crippen LogP contribution >= 0.6 is 0 Å². The first-order chi connectivity index (χ1) is 9.68. The SMILES string of the molecule is C=Cc1ncc(NC(C)(C)CC(C)(C)C)n1/C=C\C.CC. The van der Waals surface area contributed by atoms with E-state index in [4.69, 9.17) is 0 Å². The van der Waals surface area contributed by atoms with Crippen molar-refractivity contribution in [1.29, 1.82) is 0 Å². The minimum absolute atomic E-state index is 0.00997. The van der Waals surface area contributed by atoms with E-state index in [2.05, 4.69) is 51.5 Å². The lowest BCUT2D eigenvalue weighted by molar-refractivity contribution is 0.302. The fourth-order valence-corrected chi connectivity index (χ4v) is 2.64. The Bertz CT molecular complexity index is 459. The van der Waals surface area contributed by atoms with Gasteiger partial charge in [0.2, 0.25) is 0 Å². The maximum absolute atomic E-state index is 4.37. The normalized spacial score (nSPS) is 12.0. The van der Waals surface area contributed by atoms with Crippen LogP contribution in [0.3, 0.4) is 0 Å². The molecular weight excluding hydrogens is 258 g/mol. The second-order valence-corrected chi connectivity index (χ2v) is 6.80. The summed E-state index contributed by atoms with van der Waals surface area (Å²) < 4.78 is 2.03. The zero-order valence-corrected chi connectivity index (χ0v) is 15.1. The van der Waals surface area contributed by atoms with E-state index in [1.54, 1.807) is 6.08 Å². The van der Waals surface area contributed by atoms with Gasteiger partial charge >= 0.3 is 0 Å². The number of rotatable bonds is 5. The Morgan fingerprint density at radius 2 is 1.81 bits per heavy atom. The Hall–Kier alpha value is -1.51. The summed E-state index contributed by atoms with van der Waals surface area (Å²) in [5, 5.41) is 3.58. The molecule has 0 bridgehead atoms. The summed E-state index contributed by atoms with van der Waals surface area (Å²) >= 11 is 0. The number of nitrogens with one attached hydrogen (secondary N) is 1. The zero-order valence-electron chi connectivity index (χ0n) is 15.1. The van der Waals surface area contributed by atoms with Crippen LogP contribution in [0, 0.1) is 5.41 Å². The summed E-state index contributed by atoms with van der Waals surface area (Å²) in [5.74, 6) is 1.86. The van der Waals surface area contributed by atoms with Gasteiger partial charge in [0.15, 0.2) is 0 Å². The van der Waals surface area contributed by atoms with Crippen molar-refractivity contribution in [1.82, 2.24) is 9.55 Å². The van der Waals surface area contributed by atoms with Crippen molar-refractivity contribution in [2.24, 2.45) is 5.41 Å². The Morgan fingerprint density at radius 3 is 2.24 bits per heavy atom. The molecule has 1 N–H and O–H groups in total. The molecule has 120 valence electrons. The average Bonchev–Trinajstić information content (AvgIpc) is 2.71. The van der Waals surface area contributed by atoms with Gasteiger partial charge in [-0.05, 0) is 38.7 Å². The van der Waals surface area contributed by atoms with Crippen molar-refractivity contribution in [2.75, 3.05) is 5.32 Å². The molecule has 3 heteroatoms. The summed E-state index contributed by atoms with van der Waals surface area (Å²) in [6.45, 7) is 21.0. The van der Waals surface area contributed by atoms with Gasteiger partial charge in [0.1, 0.15) is 11.6 Å². The summed E-state index contributed by atoms with van der Waals surface area (Å²) in [6, 6.07) is 0. The quantitative estimate of drug-likeness (QED) is 0.757. The Morgan fingerprint density at radius 1 is 1.24 bits per heavy atom. The molecule has 0 fully saturated rings. The average molecular weight is 291 g/mol. The van der Waals surface area contributed by atoms with E-state index in [1.165, 1.54) is 0 Å². The molecule has 0 aromatic carbocycles. The topological polar surface area (TPSA) is 29.9 Å². The van der Waals surface area contributed by atoms with E-state index in [0.29, 0.717) is 0 Å². The lowest BCUT2D eigenvalue weighted by Crippen LogP contribution is -2.36. The molecule has 0 aliphatic carbocycles. The van der Waals surface area contributed by atoms with Gasteiger partial charge in [-0.1, -0.05) is 47.3 Å². The predicted octanol–water partition coefficient (Wildman–Crippen LogP) is 5.67. The highest BCUT2D eigenvalue weighted by molar-refractivity contribution is 5.53. The lowest BCUT2D eigenvalue weighted by atomic mass is 9.82. The van der Waals surface area contributed by atoms with Gasteiger partial charge < -0.3 is 5.32 Å². The highest BCUT2D eigenvalue weighted by Crippen LogP contribution is 2.30. The van der Waals surface area contributed by atoms with Gasteiger partial charge in [0.25, 0.3) is 0 Å². The molecule has 0 radical (unpaired) electrons. The molecule has 0 saturated carbocycles. The van der Waals surface area contributed by atoms with Crippen LogP contribution < -0.4 is 5.32 Å². The monoisotopic (exact) mass is 291 g/mol. The zero-order chi connectivity index (χ0) is 16.7. The van der Waals surface area contributed by atoms with Crippen LogP contribution in [0.15, 0.2) is 18.9 Å². The first-order valence-corrected chi connectivity index (χ1v) is 7.79. The summed E-state index contributed by atoms with van der Waals surface area (Å²) in [4.78, 5) is 4.37. The molecule has 1 aromatic heterocycles. The van der Waals surface area contributed by atoms with Crippen LogP contribution in [0.1, 0.15) is 67.6 Å². The van der Waals surface area contributed by atoms with Crippen LogP contribution in [0.5, 0.6) is 0 Å². The summed E-state index contributed by atoms with van der Waals surface area (Å²) in [6.07, 6.45) is 8.70. The first-order valence-electron chi connectivity index (χ1n) is 7.79. The third kappa shape index (κ3) is 6.65. The van der Waals surface area contributed by atoms with Crippen LogP contribution in [-0.4, -0.2) is 15.1 Å². The van der Waals surface area contributed by atoms with Crippen molar-refractivity contribution in [3.05, 3.63) is 24.7 Å². The Labute approximate surface area is 131 Å². The number of imidazole rings is 1. The Balaban J connectivity index is 0.00000191. The van der Waals surface area contributed by atoms with E-state index < -0.39 is 0 Å². The molecule has 21 heavy (non-hydrogen) atoms. The molecule has 1 rings (SSSR count). The number of aromatic nitrogens is 2. The van der Waals surface area contributed by atoms with Crippen LogP contribution in [0.4, 0.5) is 5.82 Å². The van der Waals surface area contributed by atoms with E-state index in [9.17, 15) is 0 Å². The number of allylic oxidation sites excluding steroid dienone is 1. The fourth-order valence-electron chi connectivity index (χ4n) is 2.64. The molecule has 1 heterocycles. The van der Waals surface area contributed by atoms with Crippen molar-refractivity contribution in [3.63, 3.8) is 0 Å². The Kier molecular flexibility index (Phi) is 7.48. The molecule has 0 saturated heterocycles. The van der Waals surface area contributed by atoms with Gasteiger partial charge in [0, 0.05) is 11.7 Å². The predicted molar refractivity (Wildman–Crippen MR) is 96.4 cm³/mol. The van der Waals surface area contributed by atoms with Crippen molar-refractivity contribution in [2.45, 2.75) is 67.3 Å². The molecular formula is C18H33N3. The number of nitrogens with zero attached hydrogens (tertiary/aromatic N) is 2. The second kappa shape index (κ2) is 8.06. The third-order valence-corrected chi connectivity index (χ3v) is 2.74. The number of hydrogen-bond donors (Lipinski definition) is 1. The van der Waals surface area contributed by atoms with Gasteiger partial charge in [-0.15, -0.1) is 0 Å². The summed E-state index contributed by atoms with van der Waals surface area (Å²) in [7, 11) is 0. The molecule has 0 unspecified atom stereocenters. The van der Waals surface area contributed by atoms with E-state index >= 15 is 0 Å². The molecule has 1 aromatic rings. The summed E-state index contributed by atoms with van der Waals surface area (Å²) in [5.41, 5.74) is 0.291. The van der Waals surface area contributed by atoms with Crippen molar-refractivity contribution < 1.29 is 0 Å². The lowest BCUT2D eigenvalue weighted by Gasteiger charge is -2.34. The van der Waals surface area contributed by atoms with E-state index in [1.807, 2.05) is 43.8 Å². The molecule has 0 atom stereocenters. The van der Waals surface area contributed by atoms with Gasteiger partial charge in [-0.3, -0.25) is 4.57 Å².